The normalized spacial score (nSPS) is 13.2. The molecule has 20 heavy (non-hydrogen) atoms. The average molecular weight is 282 g/mol. The standard InChI is InChI=1S/C8H16N2O2.C7H10O/c1-4-10(5-6(2)3)8(12)7(9)11;1-8-7-5-3-2-4-6-7/h6H,4-5H2,1-3H3,(H2,9,11);3,5-6H,2,4H2,1H3. The highest BCUT2D eigenvalue weighted by Crippen LogP contribution is 2.08. The molecule has 5 heteroatoms. The van der Waals surface area contributed by atoms with E-state index in [1.807, 2.05) is 26.8 Å². The molecule has 0 fully saturated rings. The lowest BCUT2D eigenvalue weighted by molar-refractivity contribution is -0.144. The van der Waals surface area contributed by atoms with E-state index < -0.39 is 11.8 Å². The summed E-state index contributed by atoms with van der Waals surface area (Å²) in [7, 11) is 1.70. The Bertz CT molecular complexity index is 373. The molecule has 0 aromatic rings. The van der Waals surface area contributed by atoms with Gasteiger partial charge in [-0.15, -0.1) is 0 Å². The van der Waals surface area contributed by atoms with Crippen molar-refractivity contribution in [2.45, 2.75) is 33.6 Å². The van der Waals surface area contributed by atoms with E-state index in [0.29, 0.717) is 19.0 Å². The van der Waals surface area contributed by atoms with Crippen molar-refractivity contribution in [1.82, 2.24) is 4.90 Å². The Morgan fingerprint density at radius 1 is 1.40 bits per heavy atom. The largest absolute Gasteiger partial charge is 0.497 e. The molecule has 0 saturated carbocycles. The van der Waals surface area contributed by atoms with Crippen LogP contribution in [0.1, 0.15) is 33.6 Å². The summed E-state index contributed by atoms with van der Waals surface area (Å²) in [5.74, 6) is -0.117. The number of carbonyl (C=O) groups excluding carboxylic acids is 2. The van der Waals surface area contributed by atoms with Gasteiger partial charge in [-0.05, 0) is 37.8 Å². The summed E-state index contributed by atoms with van der Waals surface area (Å²) < 4.78 is 4.97. The lowest BCUT2D eigenvalue weighted by Gasteiger charge is -2.20. The molecule has 1 aliphatic rings. The lowest BCUT2D eigenvalue weighted by Crippen LogP contribution is -2.41. The van der Waals surface area contributed by atoms with Crippen LogP contribution in [-0.4, -0.2) is 36.9 Å². The highest BCUT2D eigenvalue weighted by molar-refractivity contribution is 6.34. The summed E-state index contributed by atoms with van der Waals surface area (Å²) in [5.41, 5.74) is 4.86. The second-order valence-electron chi connectivity index (χ2n) is 4.89. The number of carbonyl (C=O) groups is 2. The number of ether oxygens (including phenoxy) is 1. The Morgan fingerprint density at radius 2 is 2.05 bits per heavy atom. The highest BCUT2D eigenvalue weighted by atomic mass is 16.5. The monoisotopic (exact) mass is 282 g/mol. The maximum atomic E-state index is 11.1. The van der Waals surface area contributed by atoms with E-state index in [0.717, 1.165) is 18.6 Å². The molecule has 1 rings (SSSR count). The van der Waals surface area contributed by atoms with Crippen molar-refractivity contribution >= 4 is 11.8 Å². The zero-order chi connectivity index (χ0) is 15.5. The SMILES string of the molecule is CCN(CC(C)C)C(=O)C(N)=O.COC1=CCCC=C1. The minimum atomic E-state index is -0.877. The van der Waals surface area contributed by atoms with Gasteiger partial charge in [0, 0.05) is 13.1 Å². The Hall–Kier alpha value is -1.78. The summed E-state index contributed by atoms with van der Waals surface area (Å²) in [6.07, 6.45) is 8.51. The molecule has 0 bridgehead atoms. The Morgan fingerprint density at radius 3 is 2.35 bits per heavy atom. The van der Waals surface area contributed by atoms with Gasteiger partial charge in [0.2, 0.25) is 0 Å². The van der Waals surface area contributed by atoms with E-state index in [9.17, 15) is 9.59 Å². The van der Waals surface area contributed by atoms with Crippen LogP contribution in [-0.2, 0) is 14.3 Å². The van der Waals surface area contributed by atoms with Crippen molar-refractivity contribution in [3.63, 3.8) is 0 Å². The van der Waals surface area contributed by atoms with Crippen LogP contribution in [0.2, 0.25) is 0 Å². The molecule has 114 valence electrons. The van der Waals surface area contributed by atoms with Crippen LogP contribution >= 0.6 is 0 Å². The molecular formula is C15H26N2O3. The van der Waals surface area contributed by atoms with Crippen molar-refractivity contribution in [3.8, 4) is 0 Å². The molecule has 0 atom stereocenters. The molecule has 0 aliphatic heterocycles. The van der Waals surface area contributed by atoms with Crippen molar-refractivity contribution in [2.24, 2.45) is 11.7 Å². The maximum absolute atomic E-state index is 11.1. The lowest BCUT2D eigenvalue weighted by atomic mass is 10.2. The van der Waals surface area contributed by atoms with E-state index in [4.69, 9.17) is 10.5 Å². The number of hydrogen-bond donors (Lipinski definition) is 1. The minimum absolute atomic E-state index is 0.355. The van der Waals surface area contributed by atoms with Crippen molar-refractivity contribution in [1.29, 1.82) is 0 Å². The van der Waals surface area contributed by atoms with Crippen LogP contribution in [0.15, 0.2) is 24.0 Å². The van der Waals surface area contributed by atoms with E-state index >= 15 is 0 Å². The van der Waals surface area contributed by atoms with Gasteiger partial charge >= 0.3 is 11.8 Å². The molecule has 0 aromatic heterocycles. The third-order valence-electron chi connectivity index (χ3n) is 2.66. The van der Waals surface area contributed by atoms with Crippen LogP contribution < -0.4 is 5.73 Å². The molecule has 0 aromatic carbocycles. The third-order valence-corrected chi connectivity index (χ3v) is 2.66. The number of nitrogens with two attached hydrogens (primary N) is 1. The van der Waals surface area contributed by atoms with Crippen molar-refractivity contribution in [3.05, 3.63) is 24.0 Å². The van der Waals surface area contributed by atoms with Crippen molar-refractivity contribution in [2.75, 3.05) is 20.2 Å². The summed E-state index contributed by atoms with van der Waals surface area (Å²) in [6, 6.07) is 0. The molecule has 2 amide bonds. The number of primary amides is 1. The van der Waals surface area contributed by atoms with Crippen molar-refractivity contribution < 1.29 is 14.3 Å². The summed E-state index contributed by atoms with van der Waals surface area (Å²) in [4.78, 5) is 23.0. The smallest absolute Gasteiger partial charge is 0.311 e. The van der Waals surface area contributed by atoms with E-state index in [2.05, 4.69) is 12.2 Å². The zero-order valence-electron chi connectivity index (χ0n) is 12.9. The predicted octanol–water partition coefficient (Wildman–Crippen LogP) is 1.84. The molecule has 1 aliphatic carbocycles. The van der Waals surface area contributed by atoms with E-state index in [1.165, 1.54) is 4.90 Å². The molecule has 5 nitrogen and oxygen atoms in total. The summed E-state index contributed by atoms with van der Waals surface area (Å²) in [6.45, 7) is 6.90. The molecule has 0 spiro atoms. The fraction of sp³-hybridized carbons (Fsp3) is 0.600. The van der Waals surface area contributed by atoms with Gasteiger partial charge in [-0.2, -0.15) is 0 Å². The highest BCUT2D eigenvalue weighted by Gasteiger charge is 2.17. The topological polar surface area (TPSA) is 72.6 Å². The number of methoxy groups -OCH3 is 1. The van der Waals surface area contributed by atoms with E-state index in [1.54, 1.807) is 7.11 Å². The van der Waals surface area contributed by atoms with Gasteiger partial charge in [0.15, 0.2) is 0 Å². The van der Waals surface area contributed by atoms with Crippen LogP contribution in [0.4, 0.5) is 0 Å². The first kappa shape index (κ1) is 18.2. The average Bonchev–Trinajstić information content (AvgIpc) is 2.45. The van der Waals surface area contributed by atoms with E-state index in [-0.39, 0.29) is 0 Å². The van der Waals surface area contributed by atoms with Gasteiger partial charge in [0.25, 0.3) is 0 Å². The van der Waals surface area contributed by atoms with Gasteiger partial charge < -0.3 is 15.4 Å². The zero-order valence-corrected chi connectivity index (χ0v) is 12.9. The van der Waals surface area contributed by atoms with Crippen LogP contribution in [0.25, 0.3) is 0 Å². The Balaban J connectivity index is 0.000000388. The number of likely N-dealkylation sites (N-methyl/N-ethyl adjacent to an activating group) is 1. The first-order chi connectivity index (χ1) is 9.42. The van der Waals surface area contributed by atoms with Crippen LogP contribution in [0, 0.1) is 5.92 Å². The molecule has 0 unspecified atom stereocenters. The van der Waals surface area contributed by atoms with Gasteiger partial charge in [-0.25, -0.2) is 0 Å². The molecule has 2 N–H and O–H groups in total. The van der Waals surface area contributed by atoms with Gasteiger partial charge in [0.1, 0.15) is 5.76 Å². The quantitative estimate of drug-likeness (QED) is 0.800. The fourth-order valence-corrected chi connectivity index (χ4v) is 1.69. The number of allylic oxidation sites excluding steroid dienone is 3. The fourth-order valence-electron chi connectivity index (χ4n) is 1.69. The number of nitrogens with zero attached hydrogens (tertiary/aromatic N) is 1. The molecule has 0 heterocycles. The number of amides is 2. The summed E-state index contributed by atoms with van der Waals surface area (Å²) >= 11 is 0. The second kappa shape index (κ2) is 10.1. The second-order valence-corrected chi connectivity index (χ2v) is 4.89. The first-order valence-corrected chi connectivity index (χ1v) is 6.91. The maximum Gasteiger partial charge on any atom is 0.311 e. The number of hydrogen-bond acceptors (Lipinski definition) is 3. The molecule has 0 saturated heterocycles. The first-order valence-electron chi connectivity index (χ1n) is 6.91. The van der Waals surface area contributed by atoms with Crippen LogP contribution in [0.3, 0.4) is 0 Å². The van der Waals surface area contributed by atoms with Crippen LogP contribution in [0.5, 0.6) is 0 Å². The van der Waals surface area contributed by atoms with Gasteiger partial charge in [-0.1, -0.05) is 19.9 Å². The molecular weight excluding hydrogens is 256 g/mol. The third kappa shape index (κ3) is 7.61. The molecule has 0 radical (unpaired) electrons. The predicted molar refractivity (Wildman–Crippen MR) is 79.8 cm³/mol. The van der Waals surface area contributed by atoms with Gasteiger partial charge in [0.05, 0.1) is 7.11 Å². The van der Waals surface area contributed by atoms with Gasteiger partial charge in [-0.3, -0.25) is 9.59 Å². The minimum Gasteiger partial charge on any atom is -0.497 e. The number of rotatable bonds is 4. The Kier molecular flexibility index (Phi) is 9.17. The Labute approximate surface area is 121 Å². The summed E-state index contributed by atoms with van der Waals surface area (Å²) in [5, 5.41) is 0.